The Morgan fingerprint density at radius 3 is 2.05 bits per heavy atom. The highest BCUT2D eigenvalue weighted by Gasteiger charge is 2.59. The van der Waals surface area contributed by atoms with Crippen molar-refractivity contribution >= 4 is 40.6 Å². The second-order valence-corrected chi connectivity index (χ2v) is 24.8. The van der Waals surface area contributed by atoms with Crippen molar-refractivity contribution in [2.75, 3.05) is 13.2 Å². The van der Waals surface area contributed by atoms with Gasteiger partial charge in [0, 0.05) is 5.75 Å². The van der Waals surface area contributed by atoms with Gasteiger partial charge in [0.1, 0.15) is 5.75 Å². The molecule has 2 saturated heterocycles. The van der Waals surface area contributed by atoms with Crippen LogP contribution in [0.5, 0.6) is 5.75 Å². The molecule has 0 aliphatic carbocycles. The predicted molar refractivity (Wildman–Crippen MR) is 180 cm³/mol. The van der Waals surface area contributed by atoms with Crippen molar-refractivity contribution in [1.82, 2.24) is 0 Å². The van der Waals surface area contributed by atoms with E-state index in [1.807, 2.05) is 0 Å². The molecule has 2 aliphatic rings. The fraction of sp³-hybridized carbons (Fsp3) is 0.812. The van der Waals surface area contributed by atoms with Crippen LogP contribution in [0.3, 0.4) is 0 Å². The highest BCUT2D eigenvalue weighted by Crippen LogP contribution is 2.51. The Bertz CT molecular complexity index is 849. The standard InChI is InChI=1S/C32H58O4S2Si2/c1-10-11-12-13-14-15-20-33-29-18-16-28(17-19-29)23-37-32-21-30-31(38-32)22-34-39(24(2)3,25(4)5)36-40(35-30,26(6)7)27(8)9/h16-19,24-27,30-32H,10-15,20-23H2,1-9H3/t30-,31+,32?/m0/s1. The number of hydrogen-bond acceptors (Lipinski definition) is 6. The average molecular weight is 627 g/mol. The predicted octanol–water partition coefficient (Wildman–Crippen LogP) is 10.4. The summed E-state index contributed by atoms with van der Waals surface area (Å²) in [5.41, 5.74) is 2.93. The molecule has 3 atom stereocenters. The molecular weight excluding hydrogens is 569 g/mol. The molecule has 3 rings (SSSR count). The van der Waals surface area contributed by atoms with Crippen molar-refractivity contribution < 1.29 is 17.7 Å². The number of benzene rings is 1. The summed E-state index contributed by atoms with van der Waals surface area (Å²) in [4.78, 5) is 0. The molecule has 2 heterocycles. The summed E-state index contributed by atoms with van der Waals surface area (Å²) in [5, 5.41) is 0.382. The van der Waals surface area contributed by atoms with Crippen molar-refractivity contribution in [3.8, 4) is 5.75 Å². The van der Waals surface area contributed by atoms with Gasteiger partial charge in [0.2, 0.25) is 0 Å². The van der Waals surface area contributed by atoms with Gasteiger partial charge in [-0.3, -0.25) is 0 Å². The first kappa shape index (κ1) is 34.5. The third kappa shape index (κ3) is 8.79. The molecule has 2 aliphatic heterocycles. The third-order valence-electron chi connectivity index (χ3n) is 8.64. The van der Waals surface area contributed by atoms with Gasteiger partial charge in [0.05, 0.1) is 29.1 Å². The highest BCUT2D eigenvalue weighted by atomic mass is 32.2. The lowest BCUT2D eigenvalue weighted by Crippen LogP contribution is -2.64. The first-order chi connectivity index (χ1) is 19.0. The van der Waals surface area contributed by atoms with Crippen molar-refractivity contribution in [3.63, 3.8) is 0 Å². The SMILES string of the molecule is CCCCCCCCOc1ccc(CSC2C[C@@H]3O[Si](C(C)C)(C(C)C)O[Si](C(C)C)(C(C)C)OC[C@H]3S2)cc1. The molecule has 0 amide bonds. The smallest absolute Gasteiger partial charge is 0.334 e. The van der Waals surface area contributed by atoms with Gasteiger partial charge in [-0.15, -0.1) is 23.5 Å². The van der Waals surface area contributed by atoms with Crippen LogP contribution in [0.15, 0.2) is 24.3 Å². The number of rotatable bonds is 15. The minimum absolute atomic E-state index is 0.211. The Morgan fingerprint density at radius 2 is 1.45 bits per heavy atom. The van der Waals surface area contributed by atoms with Crippen molar-refractivity contribution in [2.45, 2.75) is 151 Å². The van der Waals surface area contributed by atoms with Crippen molar-refractivity contribution in [1.29, 1.82) is 0 Å². The van der Waals surface area contributed by atoms with Gasteiger partial charge in [-0.25, -0.2) is 0 Å². The van der Waals surface area contributed by atoms with Crippen molar-refractivity contribution in [2.24, 2.45) is 0 Å². The van der Waals surface area contributed by atoms with Crippen LogP contribution in [0.25, 0.3) is 0 Å². The Balaban J connectivity index is 1.58. The minimum atomic E-state index is -2.51. The lowest BCUT2D eigenvalue weighted by Gasteiger charge is -2.51. The van der Waals surface area contributed by atoms with E-state index in [0.717, 1.165) is 37.6 Å². The van der Waals surface area contributed by atoms with Gasteiger partial charge >= 0.3 is 17.1 Å². The van der Waals surface area contributed by atoms with Crippen LogP contribution in [-0.2, 0) is 18.7 Å². The number of thioether (sulfide) groups is 2. The van der Waals surface area contributed by atoms with Crippen LogP contribution in [0.2, 0.25) is 22.2 Å². The first-order valence-corrected chi connectivity index (χ1v) is 22.0. The maximum Gasteiger partial charge on any atom is 0.334 e. The fourth-order valence-electron chi connectivity index (χ4n) is 6.16. The van der Waals surface area contributed by atoms with Gasteiger partial charge < -0.3 is 17.7 Å². The van der Waals surface area contributed by atoms with Crippen LogP contribution in [-0.4, -0.2) is 46.3 Å². The van der Waals surface area contributed by atoms with E-state index in [2.05, 4.69) is 110 Å². The van der Waals surface area contributed by atoms with E-state index in [9.17, 15) is 0 Å². The number of ether oxygens (including phenoxy) is 1. The Morgan fingerprint density at radius 1 is 0.850 bits per heavy atom. The molecule has 1 aromatic rings. The van der Waals surface area contributed by atoms with Gasteiger partial charge in [0.15, 0.2) is 0 Å². The van der Waals surface area contributed by atoms with Gasteiger partial charge in [-0.1, -0.05) is 107 Å². The quantitative estimate of drug-likeness (QED) is 0.142. The molecule has 0 saturated carbocycles. The molecule has 40 heavy (non-hydrogen) atoms. The average Bonchev–Trinajstić information content (AvgIpc) is 3.27. The monoisotopic (exact) mass is 626 g/mol. The summed E-state index contributed by atoms with van der Waals surface area (Å²) in [7, 11) is -4.97. The largest absolute Gasteiger partial charge is 0.494 e. The molecule has 0 aromatic heterocycles. The first-order valence-electron chi connectivity index (χ1n) is 16.0. The molecular formula is C32H58O4S2Si2. The fourth-order valence-corrected chi connectivity index (χ4v) is 20.7. The molecule has 230 valence electrons. The zero-order valence-electron chi connectivity index (χ0n) is 26.9. The van der Waals surface area contributed by atoms with Crippen LogP contribution in [0, 0.1) is 0 Å². The van der Waals surface area contributed by atoms with Crippen LogP contribution >= 0.6 is 23.5 Å². The molecule has 4 nitrogen and oxygen atoms in total. The number of unbranched alkanes of at least 4 members (excludes halogenated alkanes) is 5. The number of fused-ring (bicyclic) bond motifs is 1. The molecule has 2 fully saturated rings. The molecule has 0 N–H and O–H groups in total. The van der Waals surface area contributed by atoms with Crippen molar-refractivity contribution in [3.05, 3.63) is 29.8 Å². The summed E-state index contributed by atoms with van der Waals surface area (Å²) >= 11 is 4.14. The zero-order chi connectivity index (χ0) is 29.3. The molecule has 0 spiro atoms. The third-order valence-corrected chi connectivity index (χ3v) is 22.0. The summed E-state index contributed by atoms with van der Waals surface area (Å²) in [6.07, 6.45) is 9.04. The Kier molecular flexibility index (Phi) is 14.0. The second kappa shape index (κ2) is 16.2. The topological polar surface area (TPSA) is 36.9 Å². The van der Waals surface area contributed by atoms with E-state index in [0.29, 0.717) is 32.0 Å². The number of hydrogen-bond donors (Lipinski definition) is 0. The summed E-state index contributed by atoms with van der Waals surface area (Å²) in [6.45, 7) is 22.3. The maximum atomic E-state index is 7.36. The Hall–Kier alpha value is 0.0338. The summed E-state index contributed by atoms with van der Waals surface area (Å²) < 4.78 is 28.1. The minimum Gasteiger partial charge on any atom is -0.494 e. The normalized spacial score (nSPS) is 24.5. The maximum absolute atomic E-state index is 7.36. The lowest BCUT2D eigenvalue weighted by atomic mass is 10.1. The van der Waals surface area contributed by atoms with E-state index >= 15 is 0 Å². The zero-order valence-corrected chi connectivity index (χ0v) is 30.5. The van der Waals surface area contributed by atoms with E-state index in [4.69, 9.17) is 17.7 Å². The second-order valence-electron chi connectivity index (χ2n) is 13.0. The molecule has 0 radical (unpaired) electrons. The molecule has 8 heteroatoms. The Labute approximate surface area is 257 Å². The summed E-state index contributed by atoms with van der Waals surface area (Å²) in [5.74, 6) is 2.01. The van der Waals surface area contributed by atoms with Crippen LogP contribution < -0.4 is 4.74 Å². The van der Waals surface area contributed by atoms with E-state index < -0.39 is 17.1 Å². The van der Waals surface area contributed by atoms with Gasteiger partial charge in [-0.2, -0.15) is 0 Å². The van der Waals surface area contributed by atoms with Gasteiger partial charge in [0.25, 0.3) is 0 Å². The van der Waals surface area contributed by atoms with E-state index in [-0.39, 0.29) is 6.10 Å². The van der Waals surface area contributed by atoms with Gasteiger partial charge in [-0.05, 0) is 52.7 Å². The molecule has 1 aromatic carbocycles. The molecule has 1 unspecified atom stereocenters. The van der Waals surface area contributed by atoms with Crippen LogP contribution in [0.1, 0.15) is 113 Å². The lowest BCUT2D eigenvalue weighted by molar-refractivity contribution is 0.0739. The van der Waals surface area contributed by atoms with E-state index in [1.54, 1.807) is 0 Å². The summed E-state index contributed by atoms with van der Waals surface area (Å²) in [6, 6.07) is 8.76. The molecule has 0 bridgehead atoms. The van der Waals surface area contributed by atoms with E-state index in [1.165, 1.54) is 37.7 Å². The highest BCUT2D eigenvalue weighted by molar-refractivity contribution is 8.17. The van der Waals surface area contributed by atoms with Crippen LogP contribution in [0.4, 0.5) is 0 Å².